The van der Waals surface area contributed by atoms with E-state index in [-0.39, 0.29) is 13.2 Å². The normalized spacial score (nSPS) is 26.8. The van der Waals surface area contributed by atoms with E-state index >= 15 is 0 Å². The molecule has 0 heterocycles. The fourth-order valence-corrected chi connectivity index (χ4v) is 1.68. The number of nitro groups is 1. The van der Waals surface area contributed by atoms with Gasteiger partial charge in [0.25, 0.3) is 0 Å². The number of ether oxygens (including phenoxy) is 2. The van der Waals surface area contributed by atoms with Crippen LogP contribution in [-0.2, 0) is 9.47 Å². The third kappa shape index (κ3) is 3.04. The molecular weight excluding hydrogens is 250 g/mol. The predicted molar refractivity (Wildman–Crippen MR) is 60.3 cm³/mol. The van der Waals surface area contributed by atoms with Crippen molar-refractivity contribution in [3.8, 4) is 0 Å². The zero-order valence-electron chi connectivity index (χ0n) is 9.17. The summed E-state index contributed by atoms with van der Waals surface area (Å²) in [6.07, 6.45) is 6.05. The molecule has 1 aliphatic rings. The Hall–Kier alpha value is -1.40. The lowest BCUT2D eigenvalue weighted by molar-refractivity contribution is -0.622. The van der Waals surface area contributed by atoms with Gasteiger partial charge in [-0.3, -0.25) is 10.1 Å². The largest absolute Gasteiger partial charge is 0.453 e. The first-order valence-electron chi connectivity index (χ1n) is 4.99. The second kappa shape index (κ2) is 5.79. The predicted octanol–water partition coefficient (Wildman–Crippen LogP) is 2.11. The summed E-state index contributed by atoms with van der Waals surface area (Å²) < 4.78 is 9.80. The molecular formula is C10H12ClNO5. The van der Waals surface area contributed by atoms with Crippen LogP contribution in [-0.4, -0.2) is 29.3 Å². The van der Waals surface area contributed by atoms with E-state index in [1.807, 2.05) is 0 Å². The molecule has 0 radical (unpaired) electrons. The van der Waals surface area contributed by atoms with Gasteiger partial charge in [-0.15, -0.1) is 0 Å². The first kappa shape index (κ1) is 13.7. The Morgan fingerprint density at radius 3 is 2.82 bits per heavy atom. The molecule has 0 bridgehead atoms. The lowest BCUT2D eigenvalue weighted by Crippen LogP contribution is -2.48. The molecule has 2 atom stereocenters. The molecule has 94 valence electrons. The molecule has 0 aromatic rings. The van der Waals surface area contributed by atoms with Gasteiger partial charge < -0.3 is 9.47 Å². The number of hydrogen-bond acceptors (Lipinski definition) is 5. The molecule has 0 spiro atoms. The fraction of sp³-hybridized carbons (Fsp3) is 0.500. The van der Waals surface area contributed by atoms with Crippen molar-refractivity contribution in [1.29, 1.82) is 0 Å². The van der Waals surface area contributed by atoms with Crippen LogP contribution in [0.2, 0.25) is 0 Å². The number of carbonyl (C=O) groups excluding carboxylic acids is 1. The summed E-state index contributed by atoms with van der Waals surface area (Å²) >= 11 is 5.03. The minimum atomic E-state index is -1.70. The van der Waals surface area contributed by atoms with Crippen LogP contribution in [0.1, 0.15) is 6.92 Å². The fourth-order valence-electron chi connectivity index (χ4n) is 1.62. The molecule has 0 saturated heterocycles. The van der Waals surface area contributed by atoms with Crippen LogP contribution < -0.4 is 0 Å². The standard InChI is InChI=1S/C10H12ClNO5/c1-2-17-10(12(14)15)6-4-3-5-8(10)7-16-9(11)13/h3-6,8H,2,7H2,1H3. The van der Waals surface area contributed by atoms with E-state index in [0.29, 0.717) is 0 Å². The number of nitrogens with zero attached hydrogens (tertiary/aromatic N) is 1. The van der Waals surface area contributed by atoms with Crippen LogP contribution >= 0.6 is 11.6 Å². The Bertz CT molecular complexity index is 368. The summed E-state index contributed by atoms with van der Waals surface area (Å²) in [5.74, 6) is -0.704. The van der Waals surface area contributed by atoms with Crippen molar-refractivity contribution in [1.82, 2.24) is 0 Å². The molecule has 0 aliphatic heterocycles. The van der Waals surface area contributed by atoms with Crippen LogP contribution in [0.25, 0.3) is 0 Å². The van der Waals surface area contributed by atoms with Gasteiger partial charge in [0.1, 0.15) is 12.5 Å². The van der Waals surface area contributed by atoms with Gasteiger partial charge in [0.15, 0.2) is 0 Å². The van der Waals surface area contributed by atoms with Crippen LogP contribution in [0.15, 0.2) is 24.3 Å². The smallest absolute Gasteiger partial charge is 0.403 e. The number of rotatable bonds is 5. The van der Waals surface area contributed by atoms with Crippen molar-refractivity contribution in [2.75, 3.05) is 13.2 Å². The number of allylic oxidation sites excluding steroid dienone is 2. The lowest BCUT2D eigenvalue weighted by Gasteiger charge is -2.29. The molecule has 0 N–H and O–H groups in total. The van der Waals surface area contributed by atoms with Gasteiger partial charge in [-0.1, -0.05) is 18.2 Å². The molecule has 0 saturated carbocycles. The molecule has 0 aromatic carbocycles. The van der Waals surface area contributed by atoms with E-state index < -0.39 is 22.0 Å². The van der Waals surface area contributed by atoms with Gasteiger partial charge in [-0.25, -0.2) is 4.79 Å². The summed E-state index contributed by atoms with van der Waals surface area (Å²) in [5, 5.41) is 11.1. The molecule has 0 fully saturated rings. The van der Waals surface area contributed by atoms with Crippen molar-refractivity contribution in [2.24, 2.45) is 5.92 Å². The topological polar surface area (TPSA) is 78.7 Å². The monoisotopic (exact) mass is 261 g/mol. The Morgan fingerprint density at radius 2 is 2.29 bits per heavy atom. The maximum atomic E-state index is 11.1. The molecule has 1 aliphatic carbocycles. The van der Waals surface area contributed by atoms with E-state index in [1.54, 1.807) is 19.1 Å². The summed E-state index contributed by atoms with van der Waals surface area (Å²) in [5.41, 5.74) is -2.70. The molecule has 1 rings (SSSR count). The summed E-state index contributed by atoms with van der Waals surface area (Å²) in [6.45, 7) is 1.62. The Kier molecular flexibility index (Phi) is 4.65. The third-order valence-corrected chi connectivity index (χ3v) is 2.47. The SMILES string of the molecule is CCOC1([N+](=O)[O-])C=CC=CC1COC(=O)Cl. The van der Waals surface area contributed by atoms with Crippen LogP contribution in [0.3, 0.4) is 0 Å². The van der Waals surface area contributed by atoms with E-state index in [1.165, 1.54) is 12.2 Å². The van der Waals surface area contributed by atoms with Gasteiger partial charge in [-0.05, 0) is 6.92 Å². The highest BCUT2D eigenvalue weighted by molar-refractivity contribution is 6.61. The molecule has 0 amide bonds. The maximum absolute atomic E-state index is 11.1. The lowest BCUT2D eigenvalue weighted by atomic mass is 9.92. The number of halogens is 1. The van der Waals surface area contributed by atoms with Gasteiger partial charge in [0, 0.05) is 17.7 Å². The highest BCUT2D eigenvalue weighted by Crippen LogP contribution is 2.29. The van der Waals surface area contributed by atoms with Gasteiger partial charge in [-0.2, -0.15) is 0 Å². The summed E-state index contributed by atoms with van der Waals surface area (Å²) in [4.78, 5) is 21.1. The quantitative estimate of drug-likeness (QED) is 0.328. The van der Waals surface area contributed by atoms with Crippen LogP contribution in [0.5, 0.6) is 0 Å². The molecule has 0 aromatic heterocycles. The number of hydrogen-bond donors (Lipinski definition) is 0. The zero-order chi connectivity index (χ0) is 12.9. The summed E-state index contributed by atoms with van der Waals surface area (Å²) in [6, 6.07) is 0. The average molecular weight is 262 g/mol. The highest BCUT2D eigenvalue weighted by Gasteiger charge is 2.50. The van der Waals surface area contributed by atoms with Crippen molar-refractivity contribution < 1.29 is 19.2 Å². The third-order valence-electron chi connectivity index (χ3n) is 2.36. The molecule has 6 nitrogen and oxygen atoms in total. The second-order valence-corrected chi connectivity index (χ2v) is 3.65. The van der Waals surface area contributed by atoms with Gasteiger partial charge in [0.05, 0.1) is 11.5 Å². The minimum absolute atomic E-state index is 0.171. The van der Waals surface area contributed by atoms with Crippen molar-refractivity contribution in [2.45, 2.75) is 12.6 Å². The first-order valence-corrected chi connectivity index (χ1v) is 5.37. The summed E-state index contributed by atoms with van der Waals surface area (Å²) in [7, 11) is 0. The minimum Gasteiger partial charge on any atom is -0.453 e. The van der Waals surface area contributed by atoms with Crippen molar-refractivity contribution in [3.05, 3.63) is 34.4 Å². The van der Waals surface area contributed by atoms with E-state index in [4.69, 9.17) is 16.3 Å². The first-order chi connectivity index (χ1) is 8.03. The van der Waals surface area contributed by atoms with Gasteiger partial charge >= 0.3 is 11.2 Å². The molecule has 2 unspecified atom stereocenters. The van der Waals surface area contributed by atoms with Crippen molar-refractivity contribution >= 4 is 17.0 Å². The second-order valence-electron chi connectivity index (χ2n) is 3.34. The average Bonchev–Trinajstić information content (AvgIpc) is 2.27. The van der Waals surface area contributed by atoms with E-state index in [2.05, 4.69) is 4.74 Å². The van der Waals surface area contributed by atoms with Crippen LogP contribution in [0, 0.1) is 16.0 Å². The number of carbonyl (C=O) groups is 1. The zero-order valence-corrected chi connectivity index (χ0v) is 9.92. The Morgan fingerprint density at radius 1 is 1.59 bits per heavy atom. The Labute approximate surface area is 103 Å². The van der Waals surface area contributed by atoms with Gasteiger partial charge in [0.2, 0.25) is 0 Å². The highest BCUT2D eigenvalue weighted by atomic mass is 35.5. The molecule has 17 heavy (non-hydrogen) atoms. The Balaban J connectivity index is 2.90. The van der Waals surface area contributed by atoms with Crippen molar-refractivity contribution in [3.63, 3.8) is 0 Å². The molecule has 7 heteroatoms. The van der Waals surface area contributed by atoms with E-state index in [9.17, 15) is 14.9 Å². The maximum Gasteiger partial charge on any atom is 0.403 e. The van der Waals surface area contributed by atoms with Crippen LogP contribution in [0.4, 0.5) is 4.79 Å². The van der Waals surface area contributed by atoms with E-state index in [0.717, 1.165) is 0 Å².